The number of piperidine rings is 1. The maximum Gasteiger partial charge on any atom is 0.309 e. The van der Waals surface area contributed by atoms with E-state index in [1.54, 1.807) is 0 Å². The van der Waals surface area contributed by atoms with Gasteiger partial charge in [-0.3, -0.25) is 19.8 Å². The van der Waals surface area contributed by atoms with Crippen LogP contribution in [0.15, 0.2) is 36.4 Å². The second-order valence-electron chi connectivity index (χ2n) is 7.48. The number of benzene rings is 2. The fourth-order valence-electron chi connectivity index (χ4n) is 3.78. The van der Waals surface area contributed by atoms with Crippen LogP contribution >= 0.6 is 0 Å². The summed E-state index contributed by atoms with van der Waals surface area (Å²) in [6, 6.07) is 12.8. The molecule has 5 N–H and O–H groups in total. The van der Waals surface area contributed by atoms with E-state index in [9.17, 15) is 20.2 Å². The quantitative estimate of drug-likeness (QED) is 0.361. The van der Waals surface area contributed by atoms with E-state index in [4.69, 9.17) is 11.5 Å². The summed E-state index contributed by atoms with van der Waals surface area (Å²) in [7, 11) is 0. The number of nitrogen functional groups attached to an aromatic ring is 1. The smallest absolute Gasteiger partial charge is 0.309 e. The van der Waals surface area contributed by atoms with E-state index in [0.717, 1.165) is 37.1 Å². The van der Waals surface area contributed by atoms with Gasteiger partial charge in [0.05, 0.1) is 10.8 Å². The third-order valence-corrected chi connectivity index (χ3v) is 5.24. The van der Waals surface area contributed by atoms with Gasteiger partial charge in [0.1, 0.15) is 17.3 Å². The van der Waals surface area contributed by atoms with Gasteiger partial charge in [-0.1, -0.05) is 24.3 Å². The summed E-state index contributed by atoms with van der Waals surface area (Å²) >= 11 is 0. The predicted molar refractivity (Wildman–Crippen MR) is 113 cm³/mol. The number of anilines is 2. The fraction of sp³-hybridized carbons (Fsp3) is 0.333. The fourth-order valence-corrected chi connectivity index (χ4v) is 3.78. The molecule has 1 atom stereocenters. The minimum Gasteiger partial charge on any atom is -0.393 e. The summed E-state index contributed by atoms with van der Waals surface area (Å²) < 4.78 is 0. The molecule has 0 saturated carbocycles. The average Bonchev–Trinajstić information content (AvgIpc) is 2.72. The summed E-state index contributed by atoms with van der Waals surface area (Å²) in [4.78, 5) is 24.1. The van der Waals surface area contributed by atoms with Crippen molar-refractivity contribution in [3.05, 3.63) is 63.2 Å². The van der Waals surface area contributed by atoms with Gasteiger partial charge in [0.15, 0.2) is 0 Å². The highest BCUT2D eigenvalue weighted by molar-refractivity contribution is 5.77. The molecule has 0 aliphatic carbocycles. The number of nitriles is 1. The Morgan fingerprint density at radius 2 is 2.10 bits per heavy atom. The highest BCUT2D eigenvalue weighted by Gasteiger charge is 2.24. The lowest BCUT2D eigenvalue weighted by molar-refractivity contribution is -0.384. The van der Waals surface area contributed by atoms with Crippen molar-refractivity contribution >= 4 is 23.0 Å². The number of amides is 1. The van der Waals surface area contributed by atoms with Gasteiger partial charge in [0.2, 0.25) is 5.91 Å². The van der Waals surface area contributed by atoms with Crippen molar-refractivity contribution < 1.29 is 9.72 Å². The second-order valence-corrected chi connectivity index (χ2v) is 7.48. The standard InChI is InChI=1S/C21H24N6O3/c22-10-17-8-18(9-19(23)20(17)27(29)30)25-11-14-3-1-4-15(7-14)12-26-6-2-5-16(13-26)21(24)28/h1,3-4,7-9,16,25H,2,5-6,11-13,23H2,(H2,24,28). The van der Waals surface area contributed by atoms with Crippen LogP contribution in [0.2, 0.25) is 0 Å². The summed E-state index contributed by atoms with van der Waals surface area (Å²) in [6.07, 6.45) is 1.80. The molecular weight excluding hydrogens is 384 g/mol. The van der Waals surface area contributed by atoms with Crippen LogP contribution in [0.25, 0.3) is 0 Å². The highest BCUT2D eigenvalue weighted by atomic mass is 16.6. The van der Waals surface area contributed by atoms with Crippen LogP contribution in [0.1, 0.15) is 29.5 Å². The molecule has 0 bridgehead atoms. The molecule has 1 fully saturated rings. The molecule has 0 spiro atoms. The first-order valence-electron chi connectivity index (χ1n) is 9.68. The number of hydrogen-bond acceptors (Lipinski definition) is 7. The van der Waals surface area contributed by atoms with Crippen LogP contribution in [0.3, 0.4) is 0 Å². The van der Waals surface area contributed by atoms with Crippen LogP contribution in [0.5, 0.6) is 0 Å². The van der Waals surface area contributed by atoms with E-state index in [0.29, 0.717) is 18.8 Å². The van der Waals surface area contributed by atoms with Gasteiger partial charge in [-0.2, -0.15) is 5.26 Å². The lowest BCUT2D eigenvalue weighted by Gasteiger charge is -2.31. The minimum atomic E-state index is -0.648. The lowest BCUT2D eigenvalue weighted by Crippen LogP contribution is -2.40. The molecule has 30 heavy (non-hydrogen) atoms. The zero-order valence-electron chi connectivity index (χ0n) is 16.5. The van der Waals surface area contributed by atoms with E-state index in [1.807, 2.05) is 24.3 Å². The maximum atomic E-state index is 11.5. The lowest BCUT2D eigenvalue weighted by atomic mass is 9.97. The van der Waals surface area contributed by atoms with Gasteiger partial charge >= 0.3 is 5.69 Å². The molecule has 1 aliphatic heterocycles. The van der Waals surface area contributed by atoms with Gasteiger partial charge in [0, 0.05) is 25.3 Å². The van der Waals surface area contributed by atoms with Crippen molar-refractivity contribution in [2.75, 3.05) is 24.1 Å². The van der Waals surface area contributed by atoms with E-state index in [2.05, 4.69) is 16.3 Å². The SMILES string of the molecule is N#Cc1cc(NCc2cccc(CN3CCCC(C(N)=O)C3)c2)cc(N)c1[N+](=O)[O-]. The first-order valence-corrected chi connectivity index (χ1v) is 9.68. The molecule has 156 valence electrons. The molecule has 1 aliphatic rings. The predicted octanol–water partition coefficient (Wildman–Crippen LogP) is 2.36. The highest BCUT2D eigenvalue weighted by Crippen LogP contribution is 2.30. The summed E-state index contributed by atoms with van der Waals surface area (Å²) in [5.74, 6) is -0.331. The van der Waals surface area contributed by atoms with Crippen molar-refractivity contribution in [1.29, 1.82) is 5.26 Å². The monoisotopic (exact) mass is 408 g/mol. The van der Waals surface area contributed by atoms with Crippen LogP contribution in [-0.4, -0.2) is 28.8 Å². The number of nitrogens with two attached hydrogens (primary N) is 2. The van der Waals surface area contributed by atoms with E-state index < -0.39 is 4.92 Å². The molecule has 2 aromatic carbocycles. The summed E-state index contributed by atoms with van der Waals surface area (Å²) in [6.45, 7) is 2.82. The van der Waals surface area contributed by atoms with E-state index in [-0.39, 0.29) is 28.8 Å². The Morgan fingerprint density at radius 3 is 2.80 bits per heavy atom. The number of rotatable bonds is 7. The first kappa shape index (κ1) is 21.1. The molecule has 9 nitrogen and oxygen atoms in total. The largest absolute Gasteiger partial charge is 0.393 e. The molecule has 2 aromatic rings. The Morgan fingerprint density at radius 1 is 1.33 bits per heavy atom. The number of primary amides is 1. The van der Waals surface area contributed by atoms with Gasteiger partial charge in [-0.25, -0.2) is 0 Å². The van der Waals surface area contributed by atoms with Crippen molar-refractivity contribution in [2.24, 2.45) is 11.7 Å². The van der Waals surface area contributed by atoms with E-state index >= 15 is 0 Å². The van der Waals surface area contributed by atoms with Gasteiger partial charge in [-0.05, 0) is 42.6 Å². The number of nitrogens with zero attached hydrogens (tertiary/aromatic N) is 3. The number of carbonyl (C=O) groups is 1. The minimum absolute atomic E-state index is 0.0515. The zero-order valence-corrected chi connectivity index (χ0v) is 16.5. The zero-order chi connectivity index (χ0) is 21.7. The number of carbonyl (C=O) groups excluding carboxylic acids is 1. The number of nitro groups is 1. The number of hydrogen-bond donors (Lipinski definition) is 3. The number of nitro benzene ring substituents is 1. The topological polar surface area (TPSA) is 151 Å². The Bertz CT molecular complexity index is 1000. The molecule has 0 radical (unpaired) electrons. The molecule has 1 heterocycles. The van der Waals surface area contributed by atoms with Crippen LogP contribution in [0, 0.1) is 27.4 Å². The van der Waals surface area contributed by atoms with Crippen LogP contribution < -0.4 is 16.8 Å². The molecule has 9 heteroatoms. The Balaban J connectivity index is 1.66. The number of likely N-dealkylation sites (tertiary alicyclic amines) is 1. The normalized spacial score (nSPS) is 16.6. The molecule has 1 saturated heterocycles. The second kappa shape index (κ2) is 9.24. The van der Waals surface area contributed by atoms with Crippen molar-refractivity contribution in [1.82, 2.24) is 4.90 Å². The maximum absolute atomic E-state index is 11.5. The Hall–Kier alpha value is -3.64. The third-order valence-electron chi connectivity index (χ3n) is 5.24. The van der Waals surface area contributed by atoms with Crippen molar-refractivity contribution in [2.45, 2.75) is 25.9 Å². The van der Waals surface area contributed by atoms with Crippen LogP contribution in [0.4, 0.5) is 17.1 Å². The summed E-state index contributed by atoms with van der Waals surface area (Å²) in [5.41, 5.74) is 13.4. The van der Waals surface area contributed by atoms with Crippen molar-refractivity contribution in [3.63, 3.8) is 0 Å². The molecular formula is C21H24N6O3. The molecule has 1 unspecified atom stereocenters. The van der Waals surface area contributed by atoms with E-state index in [1.165, 1.54) is 12.1 Å². The molecule has 0 aromatic heterocycles. The third kappa shape index (κ3) is 5.04. The summed E-state index contributed by atoms with van der Waals surface area (Å²) in [5, 5.41) is 23.4. The number of nitrogens with one attached hydrogen (secondary N) is 1. The first-order chi connectivity index (χ1) is 14.4. The van der Waals surface area contributed by atoms with Crippen molar-refractivity contribution in [3.8, 4) is 6.07 Å². The van der Waals surface area contributed by atoms with Gasteiger partial charge < -0.3 is 16.8 Å². The van der Waals surface area contributed by atoms with Gasteiger partial charge in [-0.15, -0.1) is 0 Å². The van der Waals surface area contributed by atoms with Crippen LogP contribution in [-0.2, 0) is 17.9 Å². The molecule has 3 rings (SSSR count). The van der Waals surface area contributed by atoms with Gasteiger partial charge in [0.25, 0.3) is 0 Å². The Labute approximate surface area is 174 Å². The average molecular weight is 408 g/mol. The Kier molecular flexibility index (Phi) is 6.49. The molecule has 1 amide bonds.